The number of amides is 2. The van der Waals surface area contributed by atoms with E-state index in [2.05, 4.69) is 0 Å². The zero-order chi connectivity index (χ0) is 22.3. The van der Waals surface area contributed by atoms with Crippen LogP contribution < -0.4 is 4.72 Å². The number of thioether (sulfide) groups is 1. The highest BCUT2D eigenvalue weighted by Gasteiger charge is 2.34. The van der Waals surface area contributed by atoms with Gasteiger partial charge >= 0.3 is 0 Å². The number of sulfonamides is 1. The maximum Gasteiger partial charge on any atom is 0.297 e. The van der Waals surface area contributed by atoms with Crippen LogP contribution in [0.25, 0.3) is 0 Å². The molecule has 0 saturated carbocycles. The molecule has 1 N–H and O–H groups in total. The molecular formula is C17H25F2N3O6S2. The molecule has 9 nitrogen and oxygen atoms in total. The van der Waals surface area contributed by atoms with Crippen molar-refractivity contribution < 1.29 is 35.9 Å². The maximum atomic E-state index is 12.7. The second-order valence-corrected chi connectivity index (χ2v) is 9.24. The Balaban J connectivity index is 2.05. The first kappa shape index (κ1) is 24.6. The zero-order valence-electron chi connectivity index (χ0n) is 16.7. The summed E-state index contributed by atoms with van der Waals surface area (Å²) < 4.78 is 62.5. The van der Waals surface area contributed by atoms with Crippen LogP contribution in [0, 0.1) is 0 Å². The standard InChI is InChI=1S/C17H25F2N3O6S2/c1-21(6-3-9-29-2)17(24)13-4-5-15(28-13)30(25,26)20-16(23)12-11-27-8-7-22(12)10-14(18)19/h4-5,12,14H,3,6-11H2,1-2H3,(H,20,23). The first-order valence-electron chi connectivity index (χ1n) is 9.16. The number of rotatable bonds is 10. The Morgan fingerprint density at radius 2 is 2.13 bits per heavy atom. The second-order valence-electron chi connectivity index (χ2n) is 6.64. The van der Waals surface area contributed by atoms with E-state index < -0.39 is 45.9 Å². The van der Waals surface area contributed by atoms with Crippen LogP contribution in [0.4, 0.5) is 8.78 Å². The van der Waals surface area contributed by atoms with Crippen molar-refractivity contribution in [1.29, 1.82) is 0 Å². The third kappa shape index (κ3) is 6.65. The smallest absolute Gasteiger partial charge is 0.297 e. The molecule has 1 atom stereocenters. The van der Waals surface area contributed by atoms with Crippen molar-refractivity contribution >= 4 is 33.6 Å². The Kier molecular flexibility index (Phi) is 9.07. The SMILES string of the molecule is CSCCCN(C)C(=O)c1ccc(S(=O)(=O)NC(=O)C2COCCN2CC(F)F)o1. The molecule has 0 aliphatic carbocycles. The fraction of sp³-hybridized carbons (Fsp3) is 0.647. The predicted molar refractivity (Wildman–Crippen MR) is 106 cm³/mol. The van der Waals surface area contributed by atoms with Crippen LogP contribution in [0.1, 0.15) is 17.0 Å². The van der Waals surface area contributed by atoms with Gasteiger partial charge in [-0.25, -0.2) is 13.5 Å². The summed E-state index contributed by atoms with van der Waals surface area (Å²) in [6.45, 7) is -0.177. The lowest BCUT2D eigenvalue weighted by Gasteiger charge is -2.33. The fourth-order valence-electron chi connectivity index (χ4n) is 2.84. The Labute approximate surface area is 178 Å². The van der Waals surface area contributed by atoms with E-state index in [9.17, 15) is 26.8 Å². The topological polar surface area (TPSA) is 109 Å². The van der Waals surface area contributed by atoms with Crippen molar-refractivity contribution in [3.63, 3.8) is 0 Å². The molecule has 1 unspecified atom stereocenters. The summed E-state index contributed by atoms with van der Waals surface area (Å²) in [6.07, 6.45) is 0.0390. The molecule has 1 aromatic heterocycles. The molecule has 0 bridgehead atoms. The van der Waals surface area contributed by atoms with Gasteiger partial charge in [0.25, 0.3) is 28.3 Å². The summed E-state index contributed by atoms with van der Waals surface area (Å²) in [6, 6.07) is 1.09. The Hall–Kier alpha value is -1.70. The number of furan rings is 1. The van der Waals surface area contributed by atoms with Gasteiger partial charge in [0.2, 0.25) is 5.09 Å². The molecule has 0 spiro atoms. The second kappa shape index (κ2) is 11.1. The summed E-state index contributed by atoms with van der Waals surface area (Å²) in [5, 5.41) is -0.617. The summed E-state index contributed by atoms with van der Waals surface area (Å²) in [7, 11) is -2.86. The minimum absolute atomic E-state index is 0.0742. The number of ether oxygens (including phenoxy) is 1. The predicted octanol–water partition coefficient (Wildman–Crippen LogP) is 0.876. The largest absolute Gasteiger partial charge is 0.438 e. The highest BCUT2D eigenvalue weighted by Crippen LogP contribution is 2.17. The van der Waals surface area contributed by atoms with Gasteiger partial charge in [-0.1, -0.05) is 0 Å². The molecule has 0 radical (unpaired) electrons. The maximum absolute atomic E-state index is 12.7. The molecule has 1 aliphatic heterocycles. The molecular weight excluding hydrogens is 444 g/mol. The van der Waals surface area contributed by atoms with Gasteiger partial charge in [0.05, 0.1) is 19.8 Å². The van der Waals surface area contributed by atoms with Crippen LogP contribution in [0.15, 0.2) is 21.6 Å². The van der Waals surface area contributed by atoms with Crippen molar-refractivity contribution in [2.24, 2.45) is 0 Å². The monoisotopic (exact) mass is 469 g/mol. The van der Waals surface area contributed by atoms with Crippen LogP contribution in [-0.4, -0.2) is 94.4 Å². The zero-order valence-corrected chi connectivity index (χ0v) is 18.3. The minimum Gasteiger partial charge on any atom is -0.438 e. The van der Waals surface area contributed by atoms with Crippen LogP contribution in [0.5, 0.6) is 0 Å². The number of morpholine rings is 1. The van der Waals surface area contributed by atoms with Gasteiger partial charge < -0.3 is 14.1 Å². The van der Waals surface area contributed by atoms with Crippen molar-refractivity contribution in [2.75, 3.05) is 51.9 Å². The van der Waals surface area contributed by atoms with Gasteiger partial charge in [0.1, 0.15) is 6.04 Å². The summed E-state index contributed by atoms with van der Waals surface area (Å²) in [4.78, 5) is 27.3. The lowest BCUT2D eigenvalue weighted by molar-refractivity contribution is -0.132. The normalized spacial score (nSPS) is 17.8. The molecule has 1 saturated heterocycles. The number of nitrogens with one attached hydrogen (secondary N) is 1. The minimum atomic E-state index is -4.43. The van der Waals surface area contributed by atoms with Crippen molar-refractivity contribution in [2.45, 2.75) is 24.0 Å². The highest BCUT2D eigenvalue weighted by molar-refractivity contribution is 7.98. The number of hydrogen-bond acceptors (Lipinski definition) is 8. The van der Waals surface area contributed by atoms with E-state index in [0.29, 0.717) is 6.54 Å². The van der Waals surface area contributed by atoms with Gasteiger partial charge in [0.15, 0.2) is 5.76 Å². The van der Waals surface area contributed by atoms with E-state index in [-0.39, 0.29) is 25.5 Å². The molecule has 1 fully saturated rings. The summed E-state index contributed by atoms with van der Waals surface area (Å²) in [5.41, 5.74) is 0. The highest BCUT2D eigenvalue weighted by atomic mass is 32.2. The van der Waals surface area contributed by atoms with E-state index in [0.717, 1.165) is 18.2 Å². The van der Waals surface area contributed by atoms with Crippen molar-refractivity contribution in [3.8, 4) is 0 Å². The van der Waals surface area contributed by atoms with Crippen LogP contribution in [0.2, 0.25) is 0 Å². The van der Waals surface area contributed by atoms with Gasteiger partial charge in [-0.05, 0) is 30.6 Å². The number of carbonyl (C=O) groups is 2. The van der Waals surface area contributed by atoms with Crippen LogP contribution in [-0.2, 0) is 19.6 Å². The Morgan fingerprint density at radius 1 is 1.40 bits per heavy atom. The van der Waals surface area contributed by atoms with Gasteiger partial charge in [-0.3, -0.25) is 14.5 Å². The third-order valence-electron chi connectivity index (χ3n) is 4.40. The van der Waals surface area contributed by atoms with Crippen LogP contribution >= 0.6 is 11.8 Å². The van der Waals surface area contributed by atoms with Gasteiger partial charge in [0, 0.05) is 20.1 Å². The van der Waals surface area contributed by atoms with Crippen LogP contribution in [0.3, 0.4) is 0 Å². The lowest BCUT2D eigenvalue weighted by Crippen LogP contribution is -2.55. The number of carbonyl (C=O) groups excluding carboxylic acids is 2. The van der Waals surface area contributed by atoms with E-state index >= 15 is 0 Å². The first-order chi connectivity index (χ1) is 14.2. The van der Waals surface area contributed by atoms with Crippen molar-refractivity contribution in [1.82, 2.24) is 14.5 Å². The molecule has 1 aromatic rings. The number of halogens is 2. The van der Waals surface area contributed by atoms with E-state index in [1.807, 2.05) is 11.0 Å². The Morgan fingerprint density at radius 3 is 2.80 bits per heavy atom. The quantitative estimate of drug-likeness (QED) is 0.503. The van der Waals surface area contributed by atoms with E-state index in [1.165, 1.54) is 15.9 Å². The molecule has 30 heavy (non-hydrogen) atoms. The Bertz CT molecular complexity index is 833. The molecule has 1 aliphatic rings. The molecule has 2 amide bonds. The molecule has 2 rings (SSSR count). The fourth-order valence-corrected chi connectivity index (χ4v) is 4.21. The molecule has 0 aromatic carbocycles. The summed E-state index contributed by atoms with van der Waals surface area (Å²) >= 11 is 1.64. The third-order valence-corrected chi connectivity index (χ3v) is 6.31. The van der Waals surface area contributed by atoms with Gasteiger partial charge in [-0.2, -0.15) is 20.2 Å². The molecule has 13 heteroatoms. The number of nitrogens with zero attached hydrogens (tertiary/aromatic N) is 2. The average Bonchev–Trinajstić information content (AvgIpc) is 3.18. The van der Waals surface area contributed by atoms with Crippen molar-refractivity contribution in [3.05, 3.63) is 17.9 Å². The number of hydrogen-bond donors (Lipinski definition) is 1. The first-order valence-corrected chi connectivity index (χ1v) is 12.0. The molecule has 2 heterocycles. The lowest BCUT2D eigenvalue weighted by atomic mass is 10.2. The summed E-state index contributed by atoms with van der Waals surface area (Å²) in [5.74, 6) is -0.814. The van der Waals surface area contributed by atoms with Gasteiger partial charge in [-0.15, -0.1) is 0 Å². The average molecular weight is 470 g/mol. The van der Waals surface area contributed by atoms with E-state index in [4.69, 9.17) is 9.15 Å². The number of alkyl halides is 2. The van der Waals surface area contributed by atoms with E-state index in [1.54, 1.807) is 18.8 Å². The molecule has 170 valence electrons.